The Kier molecular flexibility index (Phi) is 9.39. The van der Waals surface area contributed by atoms with E-state index in [0.29, 0.717) is 18.0 Å². The number of thiazole rings is 1. The summed E-state index contributed by atoms with van der Waals surface area (Å²) in [5.41, 5.74) is 0.940. The molecule has 0 aliphatic carbocycles. The number of pyridine rings is 1. The van der Waals surface area contributed by atoms with Gasteiger partial charge in [-0.3, -0.25) is 19.2 Å². The lowest BCUT2D eigenvalue weighted by molar-refractivity contribution is -0.137. The van der Waals surface area contributed by atoms with Gasteiger partial charge in [0.25, 0.3) is 5.91 Å². The smallest absolute Gasteiger partial charge is 0.314 e. The quantitative estimate of drug-likeness (QED) is 0.449. The van der Waals surface area contributed by atoms with Crippen molar-refractivity contribution in [2.45, 2.75) is 38.4 Å². The summed E-state index contributed by atoms with van der Waals surface area (Å²) in [5, 5.41) is 8.44. The molecule has 0 bridgehead atoms. The summed E-state index contributed by atoms with van der Waals surface area (Å²) in [6.45, 7) is 3.72. The SMILES string of the molecule is CC(=O)N1CC[C@H](NC(=O)C(=O)Nc2ccc(Br)cn2)[C@H](NC(=O)c2nc3c(s2)CN(C)CC3)C1.Cl. The van der Waals surface area contributed by atoms with Gasteiger partial charge in [0.2, 0.25) is 5.91 Å². The fourth-order valence-corrected chi connectivity index (χ4v) is 5.39. The average molecular weight is 601 g/mol. The highest BCUT2D eigenvalue weighted by Gasteiger charge is 2.34. The Morgan fingerprint density at radius 2 is 1.89 bits per heavy atom. The largest absolute Gasteiger partial charge is 0.343 e. The third-order valence-corrected chi connectivity index (χ3v) is 7.53. The van der Waals surface area contributed by atoms with Crippen molar-refractivity contribution in [3.8, 4) is 0 Å². The van der Waals surface area contributed by atoms with Gasteiger partial charge in [-0.2, -0.15) is 0 Å². The van der Waals surface area contributed by atoms with Gasteiger partial charge in [0.15, 0.2) is 5.01 Å². The molecule has 194 valence electrons. The van der Waals surface area contributed by atoms with E-state index in [1.165, 1.54) is 24.5 Å². The molecular formula is C22H27BrClN7O4S. The normalized spacial score (nSPS) is 19.5. The summed E-state index contributed by atoms with van der Waals surface area (Å²) in [6.07, 6.45) is 2.68. The third-order valence-electron chi connectivity index (χ3n) is 5.98. The van der Waals surface area contributed by atoms with Crippen LogP contribution in [-0.4, -0.2) is 82.2 Å². The number of fused-ring (bicyclic) bond motifs is 1. The van der Waals surface area contributed by atoms with Gasteiger partial charge in [0.1, 0.15) is 5.82 Å². The van der Waals surface area contributed by atoms with Crippen LogP contribution in [0.2, 0.25) is 0 Å². The van der Waals surface area contributed by atoms with Crippen LogP contribution in [0.5, 0.6) is 0 Å². The zero-order chi connectivity index (χ0) is 25.1. The predicted molar refractivity (Wildman–Crippen MR) is 140 cm³/mol. The number of nitrogens with one attached hydrogen (secondary N) is 3. The minimum Gasteiger partial charge on any atom is -0.343 e. The Balaban J connectivity index is 0.00000361. The Hall–Kier alpha value is -2.61. The molecule has 0 spiro atoms. The van der Waals surface area contributed by atoms with Crippen LogP contribution in [0.25, 0.3) is 0 Å². The van der Waals surface area contributed by atoms with E-state index in [0.717, 1.165) is 34.6 Å². The fraction of sp³-hybridized carbons (Fsp3) is 0.455. The standard InChI is InChI=1S/C22H26BrN7O4S.ClH/c1-12(31)30-8-6-14(25-19(32)20(33)28-18-4-3-13(23)9-24-18)16(10-30)26-21(34)22-27-15-5-7-29(2)11-17(15)35-22;/h3-4,9,14,16H,5-8,10-11H2,1-2H3,(H,25,32)(H,26,34)(H,24,28,33);1H/t14-,16+;/m0./s1. The number of amides is 4. The van der Waals surface area contributed by atoms with Gasteiger partial charge in [0, 0.05) is 55.1 Å². The van der Waals surface area contributed by atoms with Crippen molar-refractivity contribution in [1.82, 2.24) is 30.4 Å². The second-order valence-electron chi connectivity index (χ2n) is 8.61. The molecule has 4 rings (SSSR count). The van der Waals surface area contributed by atoms with E-state index in [1.807, 2.05) is 7.05 Å². The van der Waals surface area contributed by atoms with Crippen LogP contribution in [-0.2, 0) is 27.3 Å². The van der Waals surface area contributed by atoms with Crippen LogP contribution in [0.3, 0.4) is 0 Å². The monoisotopic (exact) mass is 599 g/mol. The lowest BCUT2D eigenvalue weighted by Gasteiger charge is -2.38. The van der Waals surface area contributed by atoms with Crippen molar-refractivity contribution >= 4 is 69.1 Å². The molecule has 2 aromatic heterocycles. The topological polar surface area (TPSA) is 137 Å². The number of aromatic nitrogens is 2. The summed E-state index contributed by atoms with van der Waals surface area (Å²) in [5.74, 6) is -1.95. The summed E-state index contributed by atoms with van der Waals surface area (Å²) in [4.78, 5) is 63.4. The molecule has 11 nitrogen and oxygen atoms in total. The summed E-state index contributed by atoms with van der Waals surface area (Å²) in [7, 11) is 2.02. The maximum Gasteiger partial charge on any atom is 0.314 e. The predicted octanol–water partition coefficient (Wildman–Crippen LogP) is 1.18. The number of nitrogens with zero attached hydrogens (tertiary/aromatic N) is 4. The van der Waals surface area contributed by atoms with E-state index in [-0.39, 0.29) is 36.6 Å². The Bertz CT molecular complexity index is 1150. The lowest BCUT2D eigenvalue weighted by Crippen LogP contribution is -2.62. The van der Waals surface area contributed by atoms with Crippen molar-refractivity contribution in [2.24, 2.45) is 0 Å². The molecule has 2 aliphatic rings. The van der Waals surface area contributed by atoms with Crippen LogP contribution < -0.4 is 16.0 Å². The fourth-order valence-electron chi connectivity index (χ4n) is 4.06. The Morgan fingerprint density at radius 1 is 1.11 bits per heavy atom. The molecule has 2 aliphatic heterocycles. The molecule has 36 heavy (non-hydrogen) atoms. The van der Waals surface area contributed by atoms with E-state index < -0.39 is 23.9 Å². The van der Waals surface area contributed by atoms with Gasteiger partial charge in [-0.25, -0.2) is 9.97 Å². The van der Waals surface area contributed by atoms with Crippen molar-refractivity contribution < 1.29 is 19.2 Å². The van der Waals surface area contributed by atoms with E-state index in [9.17, 15) is 19.2 Å². The summed E-state index contributed by atoms with van der Waals surface area (Å²) < 4.78 is 0.740. The van der Waals surface area contributed by atoms with E-state index >= 15 is 0 Å². The van der Waals surface area contributed by atoms with Crippen LogP contribution in [0.15, 0.2) is 22.8 Å². The molecule has 2 aromatic rings. The molecule has 1 saturated heterocycles. The number of carbonyl (C=O) groups excluding carboxylic acids is 4. The molecule has 1 fully saturated rings. The first-order chi connectivity index (χ1) is 16.7. The van der Waals surface area contributed by atoms with Gasteiger partial charge in [0.05, 0.1) is 17.8 Å². The van der Waals surface area contributed by atoms with Crippen molar-refractivity contribution in [3.05, 3.63) is 38.4 Å². The molecule has 4 amide bonds. The summed E-state index contributed by atoms with van der Waals surface area (Å²) in [6, 6.07) is 2.14. The first-order valence-electron chi connectivity index (χ1n) is 11.2. The number of piperidine rings is 1. The first-order valence-corrected chi connectivity index (χ1v) is 12.8. The molecule has 0 unspecified atom stereocenters. The van der Waals surface area contributed by atoms with Gasteiger partial charge in [-0.15, -0.1) is 23.7 Å². The number of carbonyl (C=O) groups is 4. The Morgan fingerprint density at radius 3 is 2.58 bits per heavy atom. The van der Waals surface area contributed by atoms with Crippen LogP contribution >= 0.6 is 39.7 Å². The Labute approximate surface area is 227 Å². The van der Waals surface area contributed by atoms with Crippen LogP contribution in [0, 0.1) is 0 Å². The van der Waals surface area contributed by atoms with E-state index in [2.05, 4.69) is 46.7 Å². The molecule has 2 atom stereocenters. The molecule has 14 heteroatoms. The van der Waals surface area contributed by atoms with Crippen molar-refractivity contribution in [2.75, 3.05) is 32.0 Å². The van der Waals surface area contributed by atoms with Crippen LogP contribution in [0.4, 0.5) is 5.82 Å². The minimum absolute atomic E-state index is 0. The number of hydrogen-bond acceptors (Lipinski definition) is 8. The highest BCUT2D eigenvalue weighted by atomic mass is 79.9. The first kappa shape index (κ1) is 28.0. The number of rotatable bonds is 4. The molecule has 4 heterocycles. The number of anilines is 1. The number of likely N-dealkylation sites (tertiary alicyclic amines) is 1. The highest BCUT2D eigenvalue weighted by Crippen LogP contribution is 2.25. The minimum atomic E-state index is -0.865. The van der Waals surface area contributed by atoms with Crippen LogP contribution in [0.1, 0.15) is 33.7 Å². The van der Waals surface area contributed by atoms with Gasteiger partial charge in [-0.1, -0.05) is 0 Å². The third kappa shape index (κ3) is 6.78. The van der Waals surface area contributed by atoms with Crippen molar-refractivity contribution in [3.63, 3.8) is 0 Å². The van der Waals surface area contributed by atoms with Gasteiger partial charge in [-0.05, 0) is 41.5 Å². The number of halogens is 2. The maximum absolute atomic E-state index is 13.0. The van der Waals surface area contributed by atoms with E-state index in [1.54, 1.807) is 17.0 Å². The highest BCUT2D eigenvalue weighted by molar-refractivity contribution is 9.10. The molecule has 0 saturated carbocycles. The summed E-state index contributed by atoms with van der Waals surface area (Å²) >= 11 is 4.62. The zero-order valence-corrected chi connectivity index (χ0v) is 23.0. The molecule has 0 radical (unpaired) electrons. The van der Waals surface area contributed by atoms with Crippen molar-refractivity contribution in [1.29, 1.82) is 0 Å². The maximum atomic E-state index is 13.0. The molecule has 0 aromatic carbocycles. The molecule has 3 N–H and O–H groups in total. The second-order valence-corrected chi connectivity index (χ2v) is 10.6. The lowest BCUT2D eigenvalue weighted by atomic mass is 9.98. The van der Waals surface area contributed by atoms with Gasteiger partial charge < -0.3 is 25.8 Å². The number of hydrogen-bond donors (Lipinski definition) is 3. The van der Waals surface area contributed by atoms with E-state index in [4.69, 9.17) is 0 Å². The second kappa shape index (κ2) is 12.1. The average Bonchev–Trinajstić information content (AvgIpc) is 3.25. The zero-order valence-electron chi connectivity index (χ0n) is 19.7. The number of likely N-dealkylation sites (N-methyl/N-ethyl adjacent to an activating group) is 1. The molecular weight excluding hydrogens is 574 g/mol. The van der Waals surface area contributed by atoms with Gasteiger partial charge >= 0.3 is 11.8 Å².